The zero-order valence-corrected chi connectivity index (χ0v) is 8.95. The van der Waals surface area contributed by atoms with Crippen LogP contribution >= 0.6 is 0 Å². The van der Waals surface area contributed by atoms with E-state index in [0.29, 0.717) is 6.54 Å². The van der Waals surface area contributed by atoms with Crippen LogP contribution in [-0.4, -0.2) is 9.78 Å². The minimum atomic E-state index is 0.0445. The Morgan fingerprint density at radius 3 is 2.80 bits per heavy atom. The largest absolute Gasteiger partial charge is 0.302 e. The summed E-state index contributed by atoms with van der Waals surface area (Å²) in [5, 5.41) is 2.95. The molecule has 1 aromatic carbocycles. The summed E-state index contributed by atoms with van der Waals surface area (Å²) in [7, 11) is 0. The monoisotopic (exact) mass is 202 g/mol. The van der Waals surface area contributed by atoms with E-state index in [1.807, 2.05) is 38.1 Å². The van der Waals surface area contributed by atoms with Crippen LogP contribution in [-0.2, 0) is 6.54 Å². The van der Waals surface area contributed by atoms with Crippen molar-refractivity contribution in [2.24, 2.45) is 0 Å². The van der Waals surface area contributed by atoms with Crippen molar-refractivity contribution in [3.8, 4) is 11.1 Å². The van der Waals surface area contributed by atoms with E-state index >= 15 is 0 Å². The molecule has 0 fully saturated rings. The highest BCUT2D eigenvalue weighted by atomic mass is 16.1. The Bertz CT molecular complexity index is 522. The van der Waals surface area contributed by atoms with Crippen molar-refractivity contribution in [2.45, 2.75) is 20.4 Å². The van der Waals surface area contributed by atoms with Crippen molar-refractivity contribution in [1.29, 1.82) is 0 Å². The fraction of sp³-hybridized carbons (Fsp3) is 0.250. The van der Waals surface area contributed by atoms with Gasteiger partial charge in [0, 0.05) is 12.7 Å². The van der Waals surface area contributed by atoms with Gasteiger partial charge in [0.1, 0.15) is 0 Å². The van der Waals surface area contributed by atoms with Gasteiger partial charge in [-0.25, -0.2) is 0 Å². The second kappa shape index (κ2) is 3.77. The first-order chi connectivity index (χ1) is 7.22. The zero-order chi connectivity index (χ0) is 10.8. The number of aromatic amines is 1. The number of H-pyrrole nitrogens is 1. The third-order valence-corrected chi connectivity index (χ3v) is 2.49. The number of nitrogens with zero attached hydrogens (tertiary/aromatic N) is 1. The third-order valence-electron chi connectivity index (χ3n) is 2.49. The minimum Gasteiger partial charge on any atom is -0.302 e. The Kier molecular flexibility index (Phi) is 2.46. The van der Waals surface area contributed by atoms with Gasteiger partial charge in [-0.1, -0.05) is 29.8 Å². The molecule has 3 nitrogen and oxygen atoms in total. The predicted molar refractivity (Wildman–Crippen MR) is 60.9 cm³/mol. The molecule has 2 aromatic rings. The van der Waals surface area contributed by atoms with Crippen LogP contribution in [0.25, 0.3) is 11.1 Å². The molecule has 78 valence electrons. The van der Waals surface area contributed by atoms with Crippen molar-refractivity contribution in [3.05, 3.63) is 46.4 Å². The fourth-order valence-corrected chi connectivity index (χ4v) is 1.66. The van der Waals surface area contributed by atoms with Gasteiger partial charge in [-0.05, 0) is 19.4 Å². The highest BCUT2D eigenvalue weighted by Crippen LogP contribution is 2.15. The Morgan fingerprint density at radius 2 is 2.20 bits per heavy atom. The molecule has 0 aliphatic rings. The van der Waals surface area contributed by atoms with Crippen molar-refractivity contribution < 1.29 is 0 Å². The molecule has 0 aliphatic carbocycles. The van der Waals surface area contributed by atoms with Crippen molar-refractivity contribution in [2.75, 3.05) is 0 Å². The lowest BCUT2D eigenvalue weighted by molar-refractivity contribution is 0.638. The SMILES string of the molecule is CCn1[nH]cc(-c2cccc(C)c2)c1=O. The smallest absolute Gasteiger partial charge is 0.274 e. The van der Waals surface area contributed by atoms with Crippen molar-refractivity contribution in [3.63, 3.8) is 0 Å². The standard InChI is InChI=1S/C12H14N2O/c1-3-14-12(15)11(8-13-14)10-6-4-5-9(2)7-10/h4-8,13H,3H2,1-2H3. The normalized spacial score (nSPS) is 10.5. The summed E-state index contributed by atoms with van der Waals surface area (Å²) in [4.78, 5) is 11.8. The van der Waals surface area contributed by atoms with Crippen LogP contribution < -0.4 is 5.56 Å². The average molecular weight is 202 g/mol. The summed E-state index contributed by atoms with van der Waals surface area (Å²) < 4.78 is 1.59. The molecule has 1 N–H and O–H groups in total. The Labute approximate surface area is 88.4 Å². The molecule has 0 bridgehead atoms. The number of benzene rings is 1. The van der Waals surface area contributed by atoms with Gasteiger partial charge < -0.3 is 5.10 Å². The number of aromatic nitrogens is 2. The molecular formula is C12H14N2O. The van der Waals surface area contributed by atoms with Gasteiger partial charge >= 0.3 is 0 Å². The van der Waals surface area contributed by atoms with E-state index in [9.17, 15) is 4.79 Å². The lowest BCUT2D eigenvalue weighted by atomic mass is 10.1. The van der Waals surface area contributed by atoms with E-state index in [1.165, 1.54) is 0 Å². The van der Waals surface area contributed by atoms with Crippen LogP contribution in [0, 0.1) is 6.92 Å². The maximum atomic E-state index is 11.8. The van der Waals surface area contributed by atoms with Crippen LogP contribution in [0.4, 0.5) is 0 Å². The van der Waals surface area contributed by atoms with E-state index < -0.39 is 0 Å². The minimum absolute atomic E-state index is 0.0445. The number of nitrogens with one attached hydrogen (secondary N) is 1. The molecule has 0 saturated carbocycles. The van der Waals surface area contributed by atoms with Gasteiger partial charge in [-0.15, -0.1) is 0 Å². The summed E-state index contributed by atoms with van der Waals surface area (Å²) >= 11 is 0. The van der Waals surface area contributed by atoms with Gasteiger partial charge in [0.15, 0.2) is 0 Å². The summed E-state index contributed by atoms with van der Waals surface area (Å²) in [5.74, 6) is 0. The lowest BCUT2D eigenvalue weighted by Gasteiger charge is -1.97. The molecule has 15 heavy (non-hydrogen) atoms. The molecule has 0 saturated heterocycles. The molecule has 1 heterocycles. The summed E-state index contributed by atoms with van der Waals surface area (Å²) in [6, 6.07) is 7.96. The Balaban J connectivity index is 2.55. The van der Waals surface area contributed by atoms with E-state index in [0.717, 1.165) is 16.7 Å². The van der Waals surface area contributed by atoms with E-state index in [4.69, 9.17) is 0 Å². The van der Waals surface area contributed by atoms with E-state index in [1.54, 1.807) is 10.9 Å². The zero-order valence-electron chi connectivity index (χ0n) is 8.95. The molecule has 0 spiro atoms. The van der Waals surface area contributed by atoms with Crippen molar-refractivity contribution in [1.82, 2.24) is 9.78 Å². The van der Waals surface area contributed by atoms with Gasteiger partial charge in [0.2, 0.25) is 0 Å². The van der Waals surface area contributed by atoms with Gasteiger partial charge in [-0.2, -0.15) is 0 Å². The third kappa shape index (κ3) is 1.73. The predicted octanol–water partition coefficient (Wildman–Crippen LogP) is 2.17. The second-order valence-corrected chi connectivity index (χ2v) is 3.61. The quantitative estimate of drug-likeness (QED) is 0.796. The number of hydrogen-bond acceptors (Lipinski definition) is 1. The maximum absolute atomic E-state index is 11.8. The number of hydrogen-bond donors (Lipinski definition) is 1. The van der Waals surface area contributed by atoms with E-state index in [-0.39, 0.29) is 5.56 Å². The molecule has 1 aromatic heterocycles. The maximum Gasteiger partial charge on any atom is 0.274 e. The van der Waals surface area contributed by atoms with Crippen LogP contribution in [0.2, 0.25) is 0 Å². The van der Waals surface area contributed by atoms with Gasteiger partial charge in [-0.3, -0.25) is 9.48 Å². The summed E-state index contributed by atoms with van der Waals surface area (Å²) in [6.07, 6.45) is 1.76. The van der Waals surface area contributed by atoms with Crippen LogP contribution in [0.1, 0.15) is 12.5 Å². The Hall–Kier alpha value is -1.77. The molecule has 2 rings (SSSR count). The van der Waals surface area contributed by atoms with Crippen LogP contribution in [0.15, 0.2) is 35.3 Å². The number of rotatable bonds is 2. The molecule has 0 aliphatic heterocycles. The molecule has 0 amide bonds. The molecule has 0 unspecified atom stereocenters. The van der Waals surface area contributed by atoms with Crippen molar-refractivity contribution >= 4 is 0 Å². The first-order valence-corrected chi connectivity index (χ1v) is 5.07. The van der Waals surface area contributed by atoms with Crippen LogP contribution in [0.5, 0.6) is 0 Å². The number of aryl methyl sites for hydroxylation is 2. The van der Waals surface area contributed by atoms with Gasteiger partial charge in [0.05, 0.1) is 5.56 Å². The van der Waals surface area contributed by atoms with E-state index in [2.05, 4.69) is 5.10 Å². The summed E-state index contributed by atoms with van der Waals surface area (Å²) in [6.45, 7) is 4.64. The van der Waals surface area contributed by atoms with Crippen LogP contribution in [0.3, 0.4) is 0 Å². The first kappa shape index (κ1) is 9.77. The summed E-state index contributed by atoms with van der Waals surface area (Å²) in [5.41, 5.74) is 2.92. The van der Waals surface area contributed by atoms with Gasteiger partial charge in [0.25, 0.3) is 5.56 Å². The molecular weight excluding hydrogens is 188 g/mol. The second-order valence-electron chi connectivity index (χ2n) is 3.61. The average Bonchev–Trinajstić information content (AvgIpc) is 2.59. The highest BCUT2D eigenvalue weighted by molar-refractivity contribution is 5.62. The molecule has 0 radical (unpaired) electrons. The molecule has 0 atom stereocenters. The first-order valence-electron chi connectivity index (χ1n) is 5.07. The lowest BCUT2D eigenvalue weighted by Crippen LogP contribution is -2.16. The highest BCUT2D eigenvalue weighted by Gasteiger charge is 2.06. The fourth-order valence-electron chi connectivity index (χ4n) is 1.66. The topological polar surface area (TPSA) is 37.8 Å². The molecule has 3 heteroatoms. The Morgan fingerprint density at radius 1 is 1.40 bits per heavy atom.